The molecule has 3 aromatic carbocycles. The van der Waals surface area contributed by atoms with Gasteiger partial charge >= 0.3 is 0 Å². The molecule has 0 radical (unpaired) electrons. The first-order valence-corrected chi connectivity index (χ1v) is 15.9. The highest BCUT2D eigenvalue weighted by Gasteiger charge is 2.34. The number of rotatable bonds is 11. The fourth-order valence-corrected chi connectivity index (χ4v) is 6.47. The molecular weight excluding hydrogens is 558 g/mol. The molecule has 0 bridgehead atoms. The van der Waals surface area contributed by atoms with E-state index in [0.717, 1.165) is 53.1 Å². The van der Waals surface area contributed by atoms with Gasteiger partial charge in [-0.15, -0.1) is 0 Å². The minimum absolute atomic E-state index is 0.0403. The van der Waals surface area contributed by atoms with Gasteiger partial charge in [0.25, 0.3) is 0 Å². The van der Waals surface area contributed by atoms with Crippen molar-refractivity contribution < 1.29 is 18.0 Å². The van der Waals surface area contributed by atoms with Crippen molar-refractivity contribution in [3.05, 3.63) is 101 Å². The first kappa shape index (κ1) is 30.8. The molecule has 4 rings (SSSR count). The summed E-state index contributed by atoms with van der Waals surface area (Å²) in [4.78, 5) is 29.6. The Hall–Kier alpha value is -3.20. The molecule has 218 valence electrons. The number of carbonyl (C=O) groups is 2. The van der Waals surface area contributed by atoms with Gasteiger partial charge in [0.05, 0.1) is 11.4 Å². The zero-order chi connectivity index (χ0) is 29.4. The molecule has 1 atom stereocenters. The fourth-order valence-electron chi connectivity index (χ4n) is 5.22. The smallest absolute Gasteiger partial charge is 0.243 e. The number of halogens is 1. The second kappa shape index (κ2) is 14.1. The van der Waals surface area contributed by atoms with Crippen molar-refractivity contribution in [1.82, 2.24) is 14.5 Å². The molecule has 9 heteroatoms. The van der Waals surface area contributed by atoms with E-state index in [1.54, 1.807) is 4.90 Å². The van der Waals surface area contributed by atoms with Crippen molar-refractivity contribution in [3.63, 3.8) is 0 Å². The summed E-state index contributed by atoms with van der Waals surface area (Å²) in [5, 5.41) is 3.63. The molecule has 1 aliphatic rings. The molecule has 1 saturated carbocycles. The van der Waals surface area contributed by atoms with E-state index < -0.39 is 28.5 Å². The number of sulfonamides is 1. The van der Waals surface area contributed by atoms with Crippen molar-refractivity contribution in [2.24, 2.45) is 0 Å². The maximum Gasteiger partial charge on any atom is 0.243 e. The van der Waals surface area contributed by atoms with E-state index in [-0.39, 0.29) is 23.4 Å². The normalized spacial score (nSPS) is 14.9. The molecule has 1 aliphatic carbocycles. The van der Waals surface area contributed by atoms with E-state index in [1.165, 1.54) is 31.3 Å². The maximum absolute atomic E-state index is 14.0. The van der Waals surface area contributed by atoms with Gasteiger partial charge in [0.1, 0.15) is 6.04 Å². The van der Waals surface area contributed by atoms with Crippen molar-refractivity contribution in [1.29, 1.82) is 0 Å². The summed E-state index contributed by atoms with van der Waals surface area (Å²) in [6, 6.07) is 22.4. The average molecular weight is 596 g/mol. The summed E-state index contributed by atoms with van der Waals surface area (Å²) in [6.45, 7) is 1.72. The Morgan fingerprint density at radius 3 is 2.22 bits per heavy atom. The standard InChI is InChI=1S/C32H38ClN3O4S/c1-24-11-9-10-14-26(24)22-36(31(37)23-35(2)41(39,40)29-19-17-27(33)18-20-29)30(21-25-12-5-3-6-13-25)32(38)34-28-15-7-4-8-16-28/h3,5-6,9-14,17-20,28,30H,4,7-8,15-16,21-23H2,1-2H3,(H,34,38). The predicted octanol–water partition coefficient (Wildman–Crippen LogP) is 5.36. The molecule has 2 amide bonds. The molecule has 0 aromatic heterocycles. The van der Waals surface area contributed by atoms with Crippen molar-refractivity contribution in [2.75, 3.05) is 13.6 Å². The molecule has 0 saturated heterocycles. The summed E-state index contributed by atoms with van der Waals surface area (Å²) in [6.07, 6.45) is 5.42. The van der Waals surface area contributed by atoms with E-state index in [4.69, 9.17) is 11.6 Å². The van der Waals surface area contributed by atoms with Crippen molar-refractivity contribution in [3.8, 4) is 0 Å². The Morgan fingerprint density at radius 2 is 1.56 bits per heavy atom. The first-order chi connectivity index (χ1) is 19.6. The number of hydrogen-bond donors (Lipinski definition) is 1. The van der Waals surface area contributed by atoms with Crippen LogP contribution in [0.15, 0.2) is 83.8 Å². The number of nitrogens with zero attached hydrogens (tertiary/aromatic N) is 2. The Morgan fingerprint density at radius 1 is 0.927 bits per heavy atom. The van der Waals surface area contributed by atoms with Crippen LogP contribution in [0.25, 0.3) is 0 Å². The predicted molar refractivity (Wildman–Crippen MR) is 162 cm³/mol. The van der Waals surface area contributed by atoms with Gasteiger partial charge in [-0.25, -0.2) is 8.42 Å². The minimum atomic E-state index is -3.97. The van der Waals surface area contributed by atoms with Gasteiger partial charge in [-0.1, -0.05) is 85.5 Å². The van der Waals surface area contributed by atoms with Gasteiger partial charge in [-0.2, -0.15) is 4.31 Å². The zero-order valence-corrected chi connectivity index (χ0v) is 25.2. The van der Waals surface area contributed by atoms with Crippen molar-refractivity contribution >= 4 is 33.4 Å². The summed E-state index contributed by atoms with van der Waals surface area (Å²) in [5.74, 6) is -0.668. The third-order valence-corrected chi connectivity index (χ3v) is 9.77. The molecule has 1 N–H and O–H groups in total. The number of aryl methyl sites for hydroxylation is 1. The van der Waals surface area contributed by atoms with Gasteiger partial charge in [0.15, 0.2) is 0 Å². The summed E-state index contributed by atoms with van der Waals surface area (Å²) >= 11 is 5.95. The fraction of sp³-hybridized carbons (Fsp3) is 0.375. The molecular formula is C32H38ClN3O4S. The summed E-state index contributed by atoms with van der Waals surface area (Å²) in [7, 11) is -2.59. The summed E-state index contributed by atoms with van der Waals surface area (Å²) in [5.41, 5.74) is 2.80. The molecule has 0 aliphatic heterocycles. The highest BCUT2D eigenvalue weighted by Crippen LogP contribution is 2.22. The lowest BCUT2D eigenvalue weighted by Crippen LogP contribution is -2.54. The minimum Gasteiger partial charge on any atom is -0.352 e. The largest absolute Gasteiger partial charge is 0.352 e. The van der Waals surface area contributed by atoms with Crippen LogP contribution in [0, 0.1) is 6.92 Å². The van der Waals surface area contributed by atoms with Gasteiger partial charge in [-0.3, -0.25) is 9.59 Å². The van der Waals surface area contributed by atoms with Gasteiger partial charge < -0.3 is 10.2 Å². The Kier molecular flexibility index (Phi) is 10.6. The lowest BCUT2D eigenvalue weighted by molar-refractivity contribution is -0.141. The van der Waals surface area contributed by atoms with Crippen LogP contribution in [0.4, 0.5) is 0 Å². The maximum atomic E-state index is 14.0. The highest BCUT2D eigenvalue weighted by atomic mass is 35.5. The third-order valence-electron chi connectivity index (χ3n) is 7.70. The van der Waals surface area contributed by atoms with Crippen LogP contribution in [-0.2, 0) is 32.6 Å². The zero-order valence-electron chi connectivity index (χ0n) is 23.6. The lowest BCUT2D eigenvalue weighted by atomic mass is 9.94. The van der Waals surface area contributed by atoms with Gasteiger partial charge in [-0.05, 0) is 60.7 Å². The van der Waals surface area contributed by atoms with Crippen LogP contribution in [0.2, 0.25) is 5.02 Å². The van der Waals surface area contributed by atoms with Crippen molar-refractivity contribution in [2.45, 2.75) is 69.0 Å². The van der Waals surface area contributed by atoms with E-state index in [0.29, 0.717) is 11.4 Å². The Balaban J connectivity index is 1.66. The number of hydrogen-bond acceptors (Lipinski definition) is 4. The topological polar surface area (TPSA) is 86.8 Å². The van der Waals surface area contributed by atoms with E-state index in [9.17, 15) is 18.0 Å². The number of likely N-dealkylation sites (N-methyl/N-ethyl adjacent to an activating group) is 1. The second-order valence-electron chi connectivity index (χ2n) is 10.7. The monoisotopic (exact) mass is 595 g/mol. The van der Waals surface area contributed by atoms with Crippen LogP contribution in [0.3, 0.4) is 0 Å². The number of nitrogens with one attached hydrogen (secondary N) is 1. The Bertz CT molecular complexity index is 1420. The van der Waals surface area contributed by atoms with E-state index >= 15 is 0 Å². The molecule has 3 aromatic rings. The van der Waals surface area contributed by atoms with E-state index in [2.05, 4.69) is 5.32 Å². The number of amides is 2. The molecule has 0 spiro atoms. The molecule has 7 nitrogen and oxygen atoms in total. The second-order valence-corrected chi connectivity index (χ2v) is 13.2. The first-order valence-electron chi connectivity index (χ1n) is 14.1. The third kappa shape index (κ3) is 8.18. The summed E-state index contributed by atoms with van der Waals surface area (Å²) < 4.78 is 27.6. The molecule has 1 unspecified atom stereocenters. The van der Waals surface area contributed by atoms with Crippen LogP contribution in [0.5, 0.6) is 0 Å². The lowest BCUT2D eigenvalue weighted by Gasteiger charge is -2.34. The molecule has 1 fully saturated rings. The Labute approximate surface area is 248 Å². The van der Waals surface area contributed by atoms with Gasteiger partial charge in [0, 0.05) is 31.1 Å². The number of carbonyl (C=O) groups excluding carboxylic acids is 2. The highest BCUT2D eigenvalue weighted by molar-refractivity contribution is 7.89. The van der Waals surface area contributed by atoms with Crippen LogP contribution < -0.4 is 5.32 Å². The van der Waals surface area contributed by atoms with Crippen LogP contribution >= 0.6 is 11.6 Å². The quantitative estimate of drug-likeness (QED) is 0.323. The van der Waals surface area contributed by atoms with E-state index in [1.807, 2.05) is 61.5 Å². The average Bonchev–Trinajstić information content (AvgIpc) is 2.97. The number of benzene rings is 3. The molecule has 0 heterocycles. The SMILES string of the molecule is Cc1ccccc1CN(C(=O)CN(C)S(=O)(=O)c1ccc(Cl)cc1)C(Cc1ccccc1)C(=O)NC1CCCCC1. The van der Waals surface area contributed by atoms with Gasteiger partial charge in [0.2, 0.25) is 21.8 Å². The van der Waals surface area contributed by atoms with Crippen LogP contribution in [-0.4, -0.2) is 55.1 Å². The molecule has 41 heavy (non-hydrogen) atoms. The van der Waals surface area contributed by atoms with Crippen LogP contribution in [0.1, 0.15) is 48.8 Å².